The number of rotatable bonds is 4. The molecule has 1 rings (SSSR count). The van der Waals surface area contributed by atoms with Crippen LogP contribution in [0.4, 0.5) is 0 Å². The third-order valence-electron chi connectivity index (χ3n) is 1.49. The van der Waals surface area contributed by atoms with E-state index in [-0.39, 0.29) is 0 Å². The largest absolute Gasteiger partial charge is 0.314 e. The predicted octanol–water partition coefficient (Wildman–Crippen LogP) is 1.70. The van der Waals surface area contributed by atoms with E-state index < -0.39 is 0 Å². The monoisotopic (exact) mass is 162 g/mol. The summed E-state index contributed by atoms with van der Waals surface area (Å²) in [6.07, 6.45) is 5.89. The Bertz CT molecular complexity index is 229. The lowest BCUT2D eigenvalue weighted by atomic mass is 10.3. The lowest BCUT2D eigenvalue weighted by Crippen LogP contribution is -2.11. The maximum absolute atomic E-state index is 4.16. The average Bonchev–Trinajstić information content (AvgIpc) is 2.14. The highest BCUT2D eigenvalue weighted by Gasteiger charge is 1.82. The third-order valence-corrected chi connectivity index (χ3v) is 1.49. The van der Waals surface area contributed by atoms with Crippen LogP contribution in [0, 0.1) is 0 Å². The summed E-state index contributed by atoms with van der Waals surface area (Å²) in [5.41, 5.74) is 1.01. The lowest BCUT2D eigenvalue weighted by molar-refractivity contribution is 0.801. The first-order valence-electron chi connectivity index (χ1n) is 4.21. The summed E-state index contributed by atoms with van der Waals surface area (Å²) in [4.78, 5) is 4.16. The van der Waals surface area contributed by atoms with Crippen molar-refractivity contribution in [3.8, 4) is 0 Å². The van der Waals surface area contributed by atoms with Crippen molar-refractivity contribution < 1.29 is 0 Å². The van der Waals surface area contributed by atoms with Crippen LogP contribution in [0.25, 0.3) is 6.08 Å². The van der Waals surface area contributed by atoms with Gasteiger partial charge in [-0.3, -0.25) is 4.98 Å². The fraction of sp³-hybridized carbons (Fsp3) is 0.300. The highest BCUT2D eigenvalue weighted by molar-refractivity contribution is 5.43. The molecule has 0 saturated heterocycles. The third kappa shape index (κ3) is 3.30. The number of pyridine rings is 1. The van der Waals surface area contributed by atoms with Crippen molar-refractivity contribution in [2.75, 3.05) is 13.1 Å². The first-order chi connectivity index (χ1) is 5.93. The van der Waals surface area contributed by atoms with Crippen molar-refractivity contribution in [2.45, 2.75) is 6.92 Å². The zero-order chi connectivity index (χ0) is 8.65. The van der Waals surface area contributed by atoms with Gasteiger partial charge in [-0.25, -0.2) is 0 Å². The summed E-state index contributed by atoms with van der Waals surface area (Å²) in [6, 6.07) is 5.89. The Morgan fingerprint density at radius 1 is 1.50 bits per heavy atom. The molecule has 0 spiro atoms. The second-order valence-corrected chi connectivity index (χ2v) is 2.46. The topological polar surface area (TPSA) is 24.9 Å². The van der Waals surface area contributed by atoms with Crippen molar-refractivity contribution in [3.05, 3.63) is 36.2 Å². The number of hydrogen-bond donors (Lipinski definition) is 1. The van der Waals surface area contributed by atoms with Crippen LogP contribution in [-0.4, -0.2) is 18.1 Å². The first kappa shape index (κ1) is 8.94. The van der Waals surface area contributed by atoms with Gasteiger partial charge in [0.25, 0.3) is 0 Å². The molecule has 1 N–H and O–H groups in total. The van der Waals surface area contributed by atoms with Gasteiger partial charge in [0.1, 0.15) is 0 Å². The lowest BCUT2D eigenvalue weighted by Gasteiger charge is -1.93. The normalized spacial score (nSPS) is 10.8. The Labute approximate surface area is 73.3 Å². The Kier molecular flexibility index (Phi) is 4.09. The maximum atomic E-state index is 4.16. The fourth-order valence-electron chi connectivity index (χ4n) is 0.882. The van der Waals surface area contributed by atoms with Crippen molar-refractivity contribution in [2.24, 2.45) is 0 Å². The van der Waals surface area contributed by atoms with Crippen LogP contribution in [0.1, 0.15) is 12.6 Å². The molecule has 0 aliphatic carbocycles. The molecule has 1 aromatic rings. The number of nitrogens with zero attached hydrogens (tertiary/aromatic N) is 1. The van der Waals surface area contributed by atoms with Crippen LogP contribution in [0.15, 0.2) is 30.5 Å². The van der Waals surface area contributed by atoms with Crippen LogP contribution in [0.5, 0.6) is 0 Å². The second kappa shape index (κ2) is 5.49. The van der Waals surface area contributed by atoms with Crippen LogP contribution >= 0.6 is 0 Å². The second-order valence-electron chi connectivity index (χ2n) is 2.46. The highest BCUT2D eigenvalue weighted by Crippen LogP contribution is 1.94. The van der Waals surface area contributed by atoms with Gasteiger partial charge in [-0.15, -0.1) is 0 Å². The molecular formula is C10H14N2. The molecule has 0 aliphatic heterocycles. The summed E-state index contributed by atoms with van der Waals surface area (Å²) in [5, 5.41) is 3.20. The molecule has 64 valence electrons. The predicted molar refractivity (Wildman–Crippen MR) is 51.8 cm³/mol. The molecular weight excluding hydrogens is 148 g/mol. The molecule has 2 heteroatoms. The van der Waals surface area contributed by atoms with Crippen LogP contribution in [-0.2, 0) is 0 Å². The van der Waals surface area contributed by atoms with Crippen molar-refractivity contribution >= 4 is 6.08 Å². The van der Waals surface area contributed by atoms with Gasteiger partial charge in [0, 0.05) is 12.7 Å². The molecule has 0 aliphatic rings. The number of likely N-dealkylation sites (N-methyl/N-ethyl adjacent to an activating group) is 1. The summed E-state index contributed by atoms with van der Waals surface area (Å²) in [6.45, 7) is 4.01. The molecule has 1 aromatic heterocycles. The Morgan fingerprint density at radius 2 is 2.42 bits per heavy atom. The van der Waals surface area contributed by atoms with E-state index in [1.807, 2.05) is 24.3 Å². The molecule has 0 bridgehead atoms. The number of hydrogen-bond acceptors (Lipinski definition) is 2. The van der Waals surface area contributed by atoms with Gasteiger partial charge in [-0.1, -0.05) is 19.1 Å². The standard InChI is InChI=1S/C10H14N2/c1-2-11-8-5-7-10-6-3-4-9-12-10/h3-7,9,11H,2,8H2,1H3. The zero-order valence-electron chi connectivity index (χ0n) is 7.33. The SMILES string of the molecule is CCNCC=Cc1ccccn1. The van der Waals surface area contributed by atoms with E-state index in [0.717, 1.165) is 18.8 Å². The van der Waals surface area contributed by atoms with E-state index in [9.17, 15) is 0 Å². The summed E-state index contributed by atoms with van der Waals surface area (Å²) < 4.78 is 0. The minimum atomic E-state index is 0.910. The van der Waals surface area contributed by atoms with Gasteiger partial charge >= 0.3 is 0 Å². The van der Waals surface area contributed by atoms with Crippen LogP contribution in [0.2, 0.25) is 0 Å². The zero-order valence-corrected chi connectivity index (χ0v) is 7.33. The minimum Gasteiger partial charge on any atom is -0.314 e. The van der Waals surface area contributed by atoms with Gasteiger partial charge in [-0.05, 0) is 24.8 Å². The van der Waals surface area contributed by atoms with E-state index in [1.165, 1.54) is 0 Å². The van der Waals surface area contributed by atoms with Crippen molar-refractivity contribution in [3.63, 3.8) is 0 Å². The van der Waals surface area contributed by atoms with E-state index in [4.69, 9.17) is 0 Å². The van der Waals surface area contributed by atoms with E-state index in [1.54, 1.807) is 6.20 Å². The smallest absolute Gasteiger partial charge is 0.0626 e. The quantitative estimate of drug-likeness (QED) is 0.682. The summed E-state index contributed by atoms with van der Waals surface area (Å²) >= 11 is 0. The van der Waals surface area contributed by atoms with E-state index in [0.29, 0.717) is 0 Å². The van der Waals surface area contributed by atoms with E-state index >= 15 is 0 Å². The van der Waals surface area contributed by atoms with Gasteiger partial charge in [-0.2, -0.15) is 0 Å². The van der Waals surface area contributed by atoms with Gasteiger partial charge in [0.2, 0.25) is 0 Å². The molecule has 1 heterocycles. The Hall–Kier alpha value is -1.15. The summed E-state index contributed by atoms with van der Waals surface area (Å²) in [5.74, 6) is 0. The molecule has 12 heavy (non-hydrogen) atoms. The van der Waals surface area contributed by atoms with Crippen LogP contribution in [0.3, 0.4) is 0 Å². The van der Waals surface area contributed by atoms with Crippen molar-refractivity contribution in [1.82, 2.24) is 10.3 Å². The average molecular weight is 162 g/mol. The molecule has 0 aromatic carbocycles. The summed E-state index contributed by atoms with van der Waals surface area (Å²) in [7, 11) is 0. The molecule has 0 fully saturated rings. The van der Waals surface area contributed by atoms with Gasteiger partial charge < -0.3 is 5.32 Å². The maximum Gasteiger partial charge on any atom is 0.0626 e. The van der Waals surface area contributed by atoms with Crippen LogP contribution < -0.4 is 5.32 Å². The number of nitrogens with one attached hydrogen (secondary N) is 1. The Balaban J connectivity index is 2.36. The molecule has 0 amide bonds. The molecule has 0 radical (unpaired) electrons. The van der Waals surface area contributed by atoms with E-state index in [2.05, 4.69) is 23.3 Å². The highest BCUT2D eigenvalue weighted by atomic mass is 14.8. The van der Waals surface area contributed by atoms with Gasteiger partial charge in [0.15, 0.2) is 0 Å². The minimum absolute atomic E-state index is 0.910. The van der Waals surface area contributed by atoms with Crippen molar-refractivity contribution in [1.29, 1.82) is 0 Å². The van der Waals surface area contributed by atoms with Gasteiger partial charge in [0.05, 0.1) is 5.69 Å². The molecule has 0 saturated carbocycles. The molecule has 0 unspecified atom stereocenters. The first-order valence-corrected chi connectivity index (χ1v) is 4.21. The Morgan fingerprint density at radius 3 is 3.08 bits per heavy atom. The molecule has 2 nitrogen and oxygen atoms in total. The number of aromatic nitrogens is 1. The fourth-order valence-corrected chi connectivity index (χ4v) is 0.882. The molecule has 0 atom stereocenters.